The van der Waals surface area contributed by atoms with Crippen LogP contribution in [0.4, 0.5) is 0 Å². The molecular formula is C29H58N8O11. The van der Waals surface area contributed by atoms with Crippen molar-refractivity contribution in [2.75, 3.05) is 33.3 Å². The molecule has 48 heavy (non-hydrogen) atoms. The van der Waals surface area contributed by atoms with E-state index in [9.17, 15) is 35.4 Å². The number of carbonyl (C=O) groups is 1. The molecule has 4 rings (SSSR count). The summed E-state index contributed by atoms with van der Waals surface area (Å²) in [5.41, 5.74) is 24.1. The minimum Gasteiger partial charge on any atom is -0.393 e. The molecule has 19 nitrogen and oxygen atoms in total. The SMILES string of the molecule is CN.C[C@]1(O)COC(O[C@H]2C(NC(=O)C3(O)CC3N=C(N)N)CC(N)[C@@H](O[C@@H]3CC(O)CC(CNCC(O)CCCN)O3)C2O)C(O)C1. The quantitative estimate of drug-likeness (QED) is 0.0594. The van der Waals surface area contributed by atoms with Crippen molar-refractivity contribution < 1.29 is 54.4 Å². The fraction of sp³-hybridized carbons (Fsp3) is 0.931. The highest BCUT2D eigenvalue weighted by Gasteiger charge is 2.61. The van der Waals surface area contributed by atoms with Crippen LogP contribution in [0, 0.1) is 0 Å². The number of nitrogens with one attached hydrogen (secondary N) is 2. The number of rotatable bonds is 14. The lowest BCUT2D eigenvalue weighted by Crippen LogP contribution is -2.67. The molecule has 2 heterocycles. The number of aliphatic hydroxyl groups is 6. The van der Waals surface area contributed by atoms with Crippen molar-refractivity contribution >= 4 is 11.9 Å². The fourth-order valence-electron chi connectivity index (χ4n) is 6.31. The molecule has 2 saturated heterocycles. The zero-order chi connectivity index (χ0) is 35.8. The first-order valence-corrected chi connectivity index (χ1v) is 16.5. The molecule has 2 aliphatic carbocycles. The second-order valence-electron chi connectivity index (χ2n) is 13.4. The van der Waals surface area contributed by atoms with Crippen LogP contribution < -0.4 is 39.3 Å². The van der Waals surface area contributed by atoms with E-state index in [0.717, 1.165) is 0 Å². The standard InChI is InChI=1S/C28H53N7O11.CH5N/c1-27(41)8-18(38)24(43-12-27)46-23-17(34-25(40)28(42)9-19(28)35-26(31)32)7-16(30)22(21(23)39)45-20-6-14(37)5-15(44-20)11-33-10-13(36)3-2-4-29;1-2/h13-24,33,36-39,41-42H,2-12,29-30H2,1H3,(H,34,40)(H4,31,32,35);2H2,1H3/t13?,14?,15?,16?,17?,18?,19?,20-,21?,22-,23+,24?,27-,28?;/m1./s1. The average Bonchev–Trinajstić information content (AvgIpc) is 3.66. The lowest BCUT2D eigenvalue weighted by Gasteiger charge is -2.47. The maximum Gasteiger partial charge on any atom is 0.254 e. The third kappa shape index (κ3) is 11.1. The monoisotopic (exact) mass is 694 g/mol. The summed E-state index contributed by atoms with van der Waals surface area (Å²) >= 11 is 0. The Morgan fingerprint density at radius 2 is 1.79 bits per heavy atom. The highest BCUT2D eigenvalue weighted by molar-refractivity contribution is 5.90. The summed E-state index contributed by atoms with van der Waals surface area (Å²) in [5.74, 6) is -1.08. The molecule has 18 N–H and O–H groups in total. The maximum absolute atomic E-state index is 13.1. The largest absolute Gasteiger partial charge is 0.393 e. The molecule has 0 radical (unpaired) electrons. The number of hydrogen-bond donors (Lipinski definition) is 13. The third-order valence-electron chi connectivity index (χ3n) is 8.89. The minimum atomic E-state index is -1.87. The van der Waals surface area contributed by atoms with Crippen LogP contribution in [-0.2, 0) is 23.7 Å². The predicted molar refractivity (Wildman–Crippen MR) is 172 cm³/mol. The molecule has 1 amide bonds. The van der Waals surface area contributed by atoms with Crippen LogP contribution >= 0.6 is 0 Å². The van der Waals surface area contributed by atoms with E-state index in [1.807, 2.05) is 0 Å². The molecule has 0 aromatic rings. The van der Waals surface area contributed by atoms with Crippen LogP contribution in [0.15, 0.2) is 4.99 Å². The first-order valence-electron chi connectivity index (χ1n) is 16.5. The summed E-state index contributed by atoms with van der Waals surface area (Å²) in [6.45, 7) is 2.50. The molecule has 2 saturated carbocycles. The van der Waals surface area contributed by atoms with Gasteiger partial charge in [-0.15, -0.1) is 0 Å². The van der Waals surface area contributed by atoms with E-state index in [-0.39, 0.29) is 38.2 Å². The van der Waals surface area contributed by atoms with Gasteiger partial charge in [-0.25, -0.2) is 4.99 Å². The maximum atomic E-state index is 13.1. The molecule has 14 atom stereocenters. The summed E-state index contributed by atoms with van der Waals surface area (Å²) in [5, 5.41) is 69.7. The number of aliphatic imine (C=N–C) groups is 1. The average molecular weight is 695 g/mol. The van der Waals surface area contributed by atoms with Gasteiger partial charge in [-0.2, -0.15) is 0 Å². The van der Waals surface area contributed by atoms with Gasteiger partial charge in [0.1, 0.15) is 24.4 Å². The van der Waals surface area contributed by atoms with Gasteiger partial charge in [0.15, 0.2) is 24.1 Å². The van der Waals surface area contributed by atoms with Gasteiger partial charge in [0.2, 0.25) is 0 Å². The number of hydrogen-bond acceptors (Lipinski definition) is 16. The van der Waals surface area contributed by atoms with Gasteiger partial charge in [-0.05, 0) is 39.8 Å². The molecule has 0 spiro atoms. The normalized spacial score (nSPS) is 41.8. The number of nitrogens with zero attached hydrogens (tertiary/aromatic N) is 1. The van der Waals surface area contributed by atoms with Crippen LogP contribution in [0.1, 0.15) is 51.9 Å². The van der Waals surface area contributed by atoms with Crippen molar-refractivity contribution in [1.29, 1.82) is 0 Å². The van der Waals surface area contributed by atoms with Crippen molar-refractivity contribution in [3.8, 4) is 0 Å². The zero-order valence-electron chi connectivity index (χ0n) is 27.8. The van der Waals surface area contributed by atoms with Gasteiger partial charge >= 0.3 is 0 Å². The number of aliphatic hydroxyl groups excluding tert-OH is 4. The summed E-state index contributed by atoms with van der Waals surface area (Å²) in [6.07, 6.45) is -7.48. The Morgan fingerprint density at radius 1 is 1.08 bits per heavy atom. The second-order valence-corrected chi connectivity index (χ2v) is 13.4. The van der Waals surface area contributed by atoms with E-state index >= 15 is 0 Å². The molecule has 0 aromatic carbocycles. The first kappa shape index (κ1) is 40.6. The number of guanidine groups is 1. The van der Waals surface area contributed by atoms with Crippen LogP contribution in [0.2, 0.25) is 0 Å². The first-order chi connectivity index (χ1) is 22.6. The molecule has 0 aromatic heterocycles. The van der Waals surface area contributed by atoms with Crippen LogP contribution in [0.25, 0.3) is 0 Å². The zero-order valence-corrected chi connectivity index (χ0v) is 27.8. The van der Waals surface area contributed by atoms with Gasteiger partial charge in [0.05, 0.1) is 42.6 Å². The van der Waals surface area contributed by atoms with Crippen molar-refractivity contribution in [3.05, 3.63) is 0 Å². The molecule has 0 bridgehead atoms. The second kappa shape index (κ2) is 17.9. The number of amides is 1. The molecule has 4 fully saturated rings. The van der Waals surface area contributed by atoms with Crippen LogP contribution in [0.3, 0.4) is 0 Å². The van der Waals surface area contributed by atoms with Crippen molar-refractivity contribution in [2.45, 2.75) is 137 Å². The lowest BCUT2D eigenvalue weighted by molar-refractivity contribution is -0.303. The molecule has 280 valence electrons. The van der Waals surface area contributed by atoms with E-state index in [1.54, 1.807) is 0 Å². The third-order valence-corrected chi connectivity index (χ3v) is 8.89. The Morgan fingerprint density at radius 3 is 2.44 bits per heavy atom. The summed E-state index contributed by atoms with van der Waals surface area (Å²) in [7, 11) is 1.50. The molecular weight excluding hydrogens is 636 g/mol. The van der Waals surface area contributed by atoms with Gasteiger partial charge in [-0.1, -0.05) is 0 Å². The Hall–Kier alpha value is -1.82. The van der Waals surface area contributed by atoms with Gasteiger partial charge in [0, 0.05) is 44.8 Å². The minimum absolute atomic E-state index is 0.0150. The molecule has 4 aliphatic rings. The lowest BCUT2D eigenvalue weighted by atomic mass is 9.83. The van der Waals surface area contributed by atoms with E-state index in [4.69, 9.17) is 41.9 Å². The Balaban J connectivity index is 0.00000307. The van der Waals surface area contributed by atoms with E-state index < -0.39 is 90.5 Å². The summed E-state index contributed by atoms with van der Waals surface area (Å²) in [4.78, 5) is 17.0. The topological polar surface area (TPSA) is 342 Å². The van der Waals surface area contributed by atoms with E-state index in [1.165, 1.54) is 14.0 Å². The summed E-state index contributed by atoms with van der Waals surface area (Å²) < 4.78 is 23.8. The Bertz CT molecular complexity index is 1040. The smallest absolute Gasteiger partial charge is 0.254 e. The van der Waals surface area contributed by atoms with Crippen LogP contribution in [0.5, 0.6) is 0 Å². The highest BCUT2D eigenvalue weighted by atomic mass is 16.7. The number of ether oxygens (including phenoxy) is 4. The van der Waals surface area contributed by atoms with Gasteiger partial charge < -0.3 is 88.9 Å². The van der Waals surface area contributed by atoms with Crippen molar-refractivity contribution in [3.63, 3.8) is 0 Å². The molecule has 19 heteroatoms. The predicted octanol–water partition coefficient (Wildman–Crippen LogP) is -5.90. The van der Waals surface area contributed by atoms with Crippen LogP contribution in [-0.4, -0.2) is 160 Å². The summed E-state index contributed by atoms with van der Waals surface area (Å²) in [6, 6.07) is -2.68. The van der Waals surface area contributed by atoms with Crippen molar-refractivity contribution in [1.82, 2.24) is 10.6 Å². The Kier molecular flexibility index (Phi) is 15.1. The number of nitrogens with two attached hydrogens (primary N) is 5. The van der Waals surface area contributed by atoms with Gasteiger partial charge in [-0.3, -0.25) is 4.79 Å². The van der Waals surface area contributed by atoms with E-state index in [0.29, 0.717) is 38.9 Å². The number of carbonyl (C=O) groups excluding carboxylic acids is 1. The van der Waals surface area contributed by atoms with Crippen molar-refractivity contribution in [2.24, 2.45) is 33.7 Å². The Labute approximate surface area is 280 Å². The molecule has 2 aliphatic heterocycles. The van der Waals surface area contributed by atoms with Gasteiger partial charge in [0.25, 0.3) is 5.91 Å². The highest BCUT2D eigenvalue weighted by Crippen LogP contribution is 2.40. The fourth-order valence-corrected chi connectivity index (χ4v) is 6.31. The molecule has 10 unspecified atom stereocenters. The van der Waals surface area contributed by atoms with E-state index in [2.05, 4.69) is 21.4 Å².